The molecule has 9 nitrogen and oxygen atoms in total. The normalized spacial score (nSPS) is 16.0. The summed E-state index contributed by atoms with van der Waals surface area (Å²) in [5.74, 6) is 0.209. The predicted octanol–water partition coefficient (Wildman–Crippen LogP) is 0.783. The number of sulfonamides is 1. The van der Waals surface area contributed by atoms with Crippen molar-refractivity contribution >= 4 is 21.5 Å². The quantitative estimate of drug-likeness (QED) is 0.648. The average Bonchev–Trinajstić information content (AvgIpc) is 3.16. The van der Waals surface area contributed by atoms with E-state index in [4.69, 9.17) is 4.74 Å². The van der Waals surface area contributed by atoms with Gasteiger partial charge in [-0.3, -0.25) is 0 Å². The van der Waals surface area contributed by atoms with Crippen LogP contribution in [0.1, 0.15) is 0 Å². The molecule has 3 aromatic rings. The Balaban J connectivity index is 1.54. The third-order valence-electron chi connectivity index (χ3n) is 4.45. The van der Waals surface area contributed by atoms with Crippen molar-refractivity contribution in [1.29, 1.82) is 0 Å². The fraction of sp³-hybridized carbons (Fsp3) is 0.312. The van der Waals surface area contributed by atoms with Crippen LogP contribution < -0.4 is 9.64 Å². The molecule has 0 unspecified atom stereocenters. The number of ether oxygens (including phenoxy) is 1. The summed E-state index contributed by atoms with van der Waals surface area (Å²) in [6.07, 6.45) is 1.51. The van der Waals surface area contributed by atoms with Crippen LogP contribution in [0.15, 0.2) is 41.6 Å². The van der Waals surface area contributed by atoms with Crippen molar-refractivity contribution in [3.8, 4) is 5.75 Å². The highest BCUT2D eigenvalue weighted by Gasteiger charge is 2.31. The first-order valence-corrected chi connectivity index (χ1v) is 9.69. The zero-order valence-electron chi connectivity index (χ0n) is 14.5. The Kier molecular flexibility index (Phi) is 4.40. The number of hydrogen-bond donors (Lipinski definition) is 0. The molecule has 0 atom stereocenters. The zero-order valence-corrected chi connectivity index (χ0v) is 15.3. The first kappa shape index (κ1) is 17.6. The van der Waals surface area contributed by atoms with Crippen LogP contribution in [-0.4, -0.2) is 65.8 Å². The smallest absolute Gasteiger partial charge is 0.246 e. The van der Waals surface area contributed by atoms with Crippen LogP contribution in [0.25, 0.3) is 5.65 Å². The van der Waals surface area contributed by atoms with Gasteiger partial charge in [0.15, 0.2) is 5.65 Å². The van der Waals surface area contributed by atoms with E-state index in [1.54, 1.807) is 10.6 Å². The summed E-state index contributed by atoms with van der Waals surface area (Å²) in [6.45, 7) is 1.42. The molecule has 4 rings (SSSR count). The molecule has 11 heteroatoms. The summed E-state index contributed by atoms with van der Waals surface area (Å²) in [5, 5.41) is 12.1. The molecule has 2 aromatic heterocycles. The monoisotopic (exact) mass is 392 g/mol. The number of methoxy groups -OCH3 is 1. The minimum atomic E-state index is -3.86. The van der Waals surface area contributed by atoms with E-state index in [9.17, 15) is 12.8 Å². The Morgan fingerprint density at radius 1 is 1.11 bits per heavy atom. The molecule has 1 fully saturated rings. The largest absolute Gasteiger partial charge is 0.495 e. The molecule has 1 saturated heterocycles. The van der Waals surface area contributed by atoms with Gasteiger partial charge < -0.3 is 9.64 Å². The first-order valence-electron chi connectivity index (χ1n) is 8.25. The second kappa shape index (κ2) is 6.74. The molecule has 0 spiro atoms. The molecule has 142 valence electrons. The molecule has 27 heavy (non-hydrogen) atoms. The van der Waals surface area contributed by atoms with Gasteiger partial charge in [0.2, 0.25) is 10.0 Å². The van der Waals surface area contributed by atoms with Crippen LogP contribution in [0.2, 0.25) is 0 Å². The molecule has 0 saturated carbocycles. The minimum Gasteiger partial charge on any atom is -0.495 e. The van der Waals surface area contributed by atoms with E-state index < -0.39 is 15.8 Å². The van der Waals surface area contributed by atoms with Crippen LogP contribution in [-0.2, 0) is 10.0 Å². The van der Waals surface area contributed by atoms with Crippen LogP contribution >= 0.6 is 0 Å². The predicted molar refractivity (Wildman–Crippen MR) is 94.7 cm³/mol. The standard InChI is InChI=1S/C16H17FN6O3S/c1-26-13-3-2-12(17)10-14(13)27(24,25)22-8-6-21(7-9-22)16-5-4-15-19-18-11-23(15)20-16/h2-5,10-11H,6-9H2,1H3. The number of aromatic nitrogens is 4. The molecule has 1 aliphatic rings. The summed E-state index contributed by atoms with van der Waals surface area (Å²) in [5.41, 5.74) is 0.637. The SMILES string of the molecule is COc1ccc(F)cc1S(=O)(=O)N1CCN(c2ccc3nncn3n2)CC1. The molecule has 1 aliphatic heterocycles. The fourth-order valence-corrected chi connectivity index (χ4v) is 4.63. The third-order valence-corrected chi connectivity index (χ3v) is 6.37. The molecule has 0 radical (unpaired) electrons. The molecule has 0 aliphatic carbocycles. The van der Waals surface area contributed by atoms with E-state index >= 15 is 0 Å². The lowest BCUT2D eigenvalue weighted by Crippen LogP contribution is -2.49. The average molecular weight is 392 g/mol. The summed E-state index contributed by atoms with van der Waals surface area (Å²) in [7, 11) is -2.50. The van der Waals surface area contributed by atoms with E-state index in [2.05, 4.69) is 15.3 Å². The van der Waals surface area contributed by atoms with Crippen molar-refractivity contribution < 1.29 is 17.5 Å². The van der Waals surface area contributed by atoms with Gasteiger partial charge in [0.05, 0.1) is 7.11 Å². The van der Waals surface area contributed by atoms with Crippen LogP contribution in [0.5, 0.6) is 5.75 Å². The number of anilines is 1. The lowest BCUT2D eigenvalue weighted by atomic mass is 10.3. The fourth-order valence-electron chi connectivity index (χ4n) is 3.04. The Bertz CT molecular complexity index is 1080. The van der Waals surface area contributed by atoms with E-state index in [1.807, 2.05) is 11.0 Å². The Morgan fingerprint density at radius 3 is 2.63 bits per heavy atom. The second-order valence-electron chi connectivity index (χ2n) is 6.01. The van der Waals surface area contributed by atoms with Gasteiger partial charge in [-0.15, -0.1) is 15.3 Å². The van der Waals surface area contributed by atoms with Crippen LogP contribution in [0.3, 0.4) is 0 Å². The van der Waals surface area contributed by atoms with E-state index in [0.29, 0.717) is 24.6 Å². The van der Waals surface area contributed by atoms with E-state index in [1.165, 1.54) is 29.9 Å². The number of piperazine rings is 1. The van der Waals surface area contributed by atoms with Crippen molar-refractivity contribution in [3.05, 3.63) is 42.5 Å². The van der Waals surface area contributed by atoms with Crippen molar-refractivity contribution in [2.24, 2.45) is 0 Å². The maximum Gasteiger partial charge on any atom is 0.246 e. The van der Waals surface area contributed by atoms with Crippen LogP contribution in [0.4, 0.5) is 10.2 Å². The number of nitrogens with zero attached hydrogens (tertiary/aromatic N) is 6. The third kappa shape index (κ3) is 3.19. The molecule has 0 N–H and O–H groups in total. The van der Waals surface area contributed by atoms with Gasteiger partial charge in [-0.1, -0.05) is 0 Å². The number of halogens is 1. The van der Waals surface area contributed by atoms with Crippen molar-refractivity contribution in [1.82, 2.24) is 24.1 Å². The van der Waals surface area contributed by atoms with Gasteiger partial charge in [-0.2, -0.15) is 8.82 Å². The minimum absolute atomic E-state index is 0.124. The highest BCUT2D eigenvalue weighted by molar-refractivity contribution is 7.89. The van der Waals surface area contributed by atoms with Gasteiger partial charge in [-0.05, 0) is 30.3 Å². The number of benzene rings is 1. The lowest BCUT2D eigenvalue weighted by Gasteiger charge is -2.34. The molecular weight excluding hydrogens is 375 g/mol. The molecule has 0 amide bonds. The van der Waals surface area contributed by atoms with Crippen molar-refractivity contribution in [2.75, 3.05) is 38.2 Å². The number of rotatable bonds is 4. The summed E-state index contributed by atoms with van der Waals surface area (Å²) in [4.78, 5) is 1.82. The number of hydrogen-bond acceptors (Lipinski definition) is 7. The lowest BCUT2D eigenvalue weighted by molar-refractivity contribution is 0.372. The van der Waals surface area contributed by atoms with E-state index in [-0.39, 0.29) is 23.7 Å². The summed E-state index contributed by atoms with van der Waals surface area (Å²) < 4.78 is 47.4. The van der Waals surface area contributed by atoms with Crippen molar-refractivity contribution in [2.45, 2.75) is 4.90 Å². The van der Waals surface area contributed by atoms with Gasteiger partial charge in [0, 0.05) is 26.2 Å². The molecule has 3 heterocycles. The first-order chi connectivity index (χ1) is 13.0. The zero-order chi connectivity index (χ0) is 19.0. The topological polar surface area (TPSA) is 92.9 Å². The second-order valence-corrected chi connectivity index (χ2v) is 7.92. The van der Waals surface area contributed by atoms with Gasteiger partial charge >= 0.3 is 0 Å². The maximum atomic E-state index is 13.6. The number of fused-ring (bicyclic) bond motifs is 1. The highest BCUT2D eigenvalue weighted by Crippen LogP contribution is 2.28. The van der Waals surface area contributed by atoms with Gasteiger partial charge in [-0.25, -0.2) is 12.8 Å². The Morgan fingerprint density at radius 2 is 1.89 bits per heavy atom. The summed E-state index contributed by atoms with van der Waals surface area (Å²) >= 11 is 0. The Labute approximate surface area is 155 Å². The maximum absolute atomic E-state index is 13.6. The van der Waals surface area contributed by atoms with Crippen LogP contribution in [0, 0.1) is 5.82 Å². The highest BCUT2D eigenvalue weighted by atomic mass is 32.2. The molecule has 1 aromatic carbocycles. The van der Waals surface area contributed by atoms with Gasteiger partial charge in [0.25, 0.3) is 0 Å². The Hall–Kier alpha value is -2.79. The summed E-state index contributed by atoms with van der Waals surface area (Å²) in [6, 6.07) is 7.10. The molecule has 0 bridgehead atoms. The van der Waals surface area contributed by atoms with E-state index in [0.717, 1.165) is 6.07 Å². The molecular formula is C16H17FN6O3S. The van der Waals surface area contributed by atoms with Gasteiger partial charge in [0.1, 0.15) is 28.6 Å². The van der Waals surface area contributed by atoms with Crippen molar-refractivity contribution in [3.63, 3.8) is 0 Å².